The fourth-order valence-corrected chi connectivity index (χ4v) is 2.43. The molecule has 0 aromatic carbocycles. The average molecular weight is 199 g/mol. The van der Waals surface area contributed by atoms with Crippen molar-refractivity contribution in [1.29, 1.82) is 0 Å². The normalized spacial score (nSPS) is 28.3. The summed E-state index contributed by atoms with van der Waals surface area (Å²) in [5, 5.41) is 10.2. The molecule has 0 bridgehead atoms. The predicted octanol–water partition coefficient (Wildman–Crippen LogP) is 0.745. The lowest BCUT2D eigenvalue weighted by Crippen LogP contribution is -2.34. The number of aliphatic hydroxyl groups excluding tert-OH is 1. The Bertz CT molecular complexity index is 264. The third kappa shape index (κ3) is 1.53. The molecule has 0 spiro atoms. The molecule has 1 aliphatic rings. The smallest absolute Gasteiger partial charge is 0.205 e. The highest BCUT2D eigenvalue weighted by Gasteiger charge is 2.31. The minimum Gasteiger partial charge on any atom is -0.394 e. The summed E-state index contributed by atoms with van der Waals surface area (Å²) in [5.41, 5.74) is 0. The Balaban J connectivity index is 2.16. The molecule has 0 saturated carbocycles. The van der Waals surface area contributed by atoms with E-state index in [9.17, 15) is 5.11 Å². The van der Waals surface area contributed by atoms with Crippen molar-refractivity contribution in [2.45, 2.75) is 19.4 Å². The van der Waals surface area contributed by atoms with E-state index in [1.165, 1.54) is 11.5 Å². The first-order valence-electron chi connectivity index (χ1n) is 4.47. The van der Waals surface area contributed by atoms with Crippen LogP contribution in [-0.2, 0) is 0 Å². The molecule has 5 heteroatoms. The van der Waals surface area contributed by atoms with Crippen molar-refractivity contribution >= 4 is 16.7 Å². The maximum absolute atomic E-state index is 9.22. The van der Waals surface area contributed by atoms with Crippen LogP contribution in [0.25, 0.3) is 0 Å². The molecule has 2 rings (SSSR count). The zero-order valence-electron chi connectivity index (χ0n) is 7.55. The van der Waals surface area contributed by atoms with Crippen molar-refractivity contribution in [2.24, 2.45) is 5.92 Å². The number of hydrogen-bond donors (Lipinski definition) is 1. The fraction of sp³-hybridized carbons (Fsp3) is 0.750. The van der Waals surface area contributed by atoms with E-state index in [1.807, 2.05) is 0 Å². The summed E-state index contributed by atoms with van der Waals surface area (Å²) in [6.45, 7) is 3.37. The van der Waals surface area contributed by atoms with Crippen LogP contribution in [0.4, 0.5) is 5.13 Å². The molecule has 72 valence electrons. The molecule has 1 N–H and O–H groups in total. The molecular weight excluding hydrogens is 186 g/mol. The van der Waals surface area contributed by atoms with Crippen LogP contribution in [0.3, 0.4) is 0 Å². The van der Waals surface area contributed by atoms with E-state index >= 15 is 0 Å². The van der Waals surface area contributed by atoms with Crippen molar-refractivity contribution < 1.29 is 5.11 Å². The van der Waals surface area contributed by atoms with Crippen LogP contribution in [0.1, 0.15) is 13.3 Å². The summed E-state index contributed by atoms with van der Waals surface area (Å²) < 4.78 is 3.97. The average Bonchev–Trinajstić information content (AvgIpc) is 2.71. The first-order chi connectivity index (χ1) is 6.33. The first kappa shape index (κ1) is 8.90. The number of hydrogen-bond acceptors (Lipinski definition) is 5. The Morgan fingerprint density at radius 1 is 1.77 bits per heavy atom. The van der Waals surface area contributed by atoms with Gasteiger partial charge in [0.05, 0.1) is 12.6 Å². The van der Waals surface area contributed by atoms with Gasteiger partial charge in [0.1, 0.15) is 6.33 Å². The lowest BCUT2D eigenvalue weighted by atomic mass is 10.0. The van der Waals surface area contributed by atoms with Gasteiger partial charge in [-0.3, -0.25) is 0 Å². The van der Waals surface area contributed by atoms with Gasteiger partial charge in [-0.2, -0.15) is 4.37 Å². The molecule has 1 saturated heterocycles. The SMILES string of the molecule is CC1CCN(c2ncns2)C1CO. The lowest BCUT2D eigenvalue weighted by molar-refractivity contribution is 0.244. The van der Waals surface area contributed by atoms with Gasteiger partial charge >= 0.3 is 0 Å². The maximum atomic E-state index is 9.22. The Kier molecular flexibility index (Phi) is 2.46. The summed E-state index contributed by atoms with van der Waals surface area (Å²) in [6, 6.07) is 0.230. The molecular formula is C8H13N3OS. The van der Waals surface area contributed by atoms with Gasteiger partial charge in [-0.05, 0) is 12.3 Å². The van der Waals surface area contributed by atoms with Crippen LogP contribution in [0, 0.1) is 5.92 Å². The Morgan fingerprint density at radius 3 is 3.23 bits per heavy atom. The second-order valence-corrected chi connectivity index (χ2v) is 4.19. The standard InChI is InChI=1S/C8H13N3OS/c1-6-2-3-11(7(6)4-12)8-9-5-10-13-8/h5-7,12H,2-4H2,1H3. The Morgan fingerprint density at radius 2 is 2.62 bits per heavy atom. The van der Waals surface area contributed by atoms with Gasteiger partial charge in [0.25, 0.3) is 0 Å². The molecule has 0 amide bonds. The van der Waals surface area contributed by atoms with Gasteiger partial charge in [0, 0.05) is 18.1 Å². The topological polar surface area (TPSA) is 49.2 Å². The molecule has 1 aliphatic heterocycles. The van der Waals surface area contributed by atoms with Crippen LogP contribution in [0.15, 0.2) is 6.33 Å². The van der Waals surface area contributed by atoms with Gasteiger partial charge in [-0.1, -0.05) is 6.92 Å². The summed E-state index contributed by atoms with van der Waals surface area (Å²) in [5.74, 6) is 0.550. The predicted molar refractivity (Wildman–Crippen MR) is 51.9 cm³/mol. The van der Waals surface area contributed by atoms with E-state index in [2.05, 4.69) is 21.2 Å². The zero-order chi connectivity index (χ0) is 9.26. The highest BCUT2D eigenvalue weighted by Crippen LogP contribution is 2.29. The maximum Gasteiger partial charge on any atom is 0.205 e. The Labute approximate surface area is 81.4 Å². The molecule has 1 fully saturated rings. The van der Waals surface area contributed by atoms with Crippen molar-refractivity contribution in [3.05, 3.63) is 6.33 Å². The van der Waals surface area contributed by atoms with E-state index in [0.29, 0.717) is 5.92 Å². The molecule has 0 aliphatic carbocycles. The molecule has 0 radical (unpaired) electrons. The van der Waals surface area contributed by atoms with Crippen LogP contribution in [0.2, 0.25) is 0 Å². The van der Waals surface area contributed by atoms with Crippen molar-refractivity contribution in [3.63, 3.8) is 0 Å². The highest BCUT2D eigenvalue weighted by atomic mass is 32.1. The minimum atomic E-state index is 0.209. The molecule has 2 heterocycles. The molecule has 2 atom stereocenters. The third-order valence-corrected chi connectivity index (χ3v) is 3.37. The summed E-state index contributed by atoms with van der Waals surface area (Å²) in [6.07, 6.45) is 2.70. The number of anilines is 1. The molecule has 2 unspecified atom stereocenters. The van der Waals surface area contributed by atoms with E-state index in [4.69, 9.17) is 0 Å². The quantitative estimate of drug-likeness (QED) is 0.763. The van der Waals surface area contributed by atoms with Gasteiger partial charge in [0.2, 0.25) is 5.13 Å². The largest absolute Gasteiger partial charge is 0.394 e. The monoisotopic (exact) mass is 199 g/mol. The summed E-state index contributed by atoms with van der Waals surface area (Å²) in [4.78, 5) is 6.31. The molecule has 4 nitrogen and oxygen atoms in total. The van der Waals surface area contributed by atoms with Crippen LogP contribution in [-0.4, -0.2) is 33.7 Å². The highest BCUT2D eigenvalue weighted by molar-refractivity contribution is 7.09. The zero-order valence-corrected chi connectivity index (χ0v) is 8.37. The molecule has 1 aromatic heterocycles. The van der Waals surface area contributed by atoms with E-state index in [-0.39, 0.29) is 12.6 Å². The van der Waals surface area contributed by atoms with Crippen molar-refractivity contribution in [3.8, 4) is 0 Å². The third-order valence-electron chi connectivity index (χ3n) is 2.66. The van der Waals surface area contributed by atoms with Crippen molar-refractivity contribution in [2.75, 3.05) is 18.1 Å². The number of aromatic nitrogens is 2. The number of aliphatic hydroxyl groups is 1. The van der Waals surface area contributed by atoms with E-state index < -0.39 is 0 Å². The van der Waals surface area contributed by atoms with E-state index in [0.717, 1.165) is 18.1 Å². The van der Waals surface area contributed by atoms with Crippen LogP contribution >= 0.6 is 11.5 Å². The van der Waals surface area contributed by atoms with E-state index in [1.54, 1.807) is 6.33 Å². The van der Waals surface area contributed by atoms with Crippen molar-refractivity contribution in [1.82, 2.24) is 9.36 Å². The fourth-order valence-electron chi connectivity index (χ4n) is 1.82. The van der Waals surface area contributed by atoms with Gasteiger partial charge in [-0.15, -0.1) is 0 Å². The van der Waals surface area contributed by atoms with Gasteiger partial charge in [-0.25, -0.2) is 4.98 Å². The lowest BCUT2D eigenvalue weighted by Gasteiger charge is -2.23. The summed E-state index contributed by atoms with van der Waals surface area (Å²) in [7, 11) is 0. The van der Waals surface area contributed by atoms with Gasteiger partial charge < -0.3 is 10.0 Å². The van der Waals surface area contributed by atoms with Gasteiger partial charge in [0.15, 0.2) is 0 Å². The Hall–Kier alpha value is -0.680. The summed E-state index contributed by atoms with van der Waals surface area (Å²) >= 11 is 1.40. The molecule has 13 heavy (non-hydrogen) atoms. The number of nitrogens with zero attached hydrogens (tertiary/aromatic N) is 3. The molecule has 1 aromatic rings. The van der Waals surface area contributed by atoms with Crippen LogP contribution in [0.5, 0.6) is 0 Å². The second kappa shape index (κ2) is 3.59. The number of rotatable bonds is 2. The minimum absolute atomic E-state index is 0.209. The van der Waals surface area contributed by atoms with Crippen LogP contribution < -0.4 is 4.90 Å². The second-order valence-electron chi connectivity index (χ2n) is 3.43. The first-order valence-corrected chi connectivity index (χ1v) is 5.24.